The molecular weight excluding hydrogens is 300 g/mol. The fraction of sp³-hybridized carbons (Fsp3) is 0.421. The van der Waals surface area contributed by atoms with Crippen molar-refractivity contribution in [3.05, 3.63) is 53.7 Å². The molecule has 1 fully saturated rings. The van der Waals surface area contributed by atoms with Gasteiger partial charge in [0.2, 0.25) is 0 Å². The zero-order valence-corrected chi connectivity index (χ0v) is 14.2. The fourth-order valence-electron chi connectivity index (χ4n) is 3.03. The summed E-state index contributed by atoms with van der Waals surface area (Å²) < 4.78 is 0. The van der Waals surface area contributed by atoms with Gasteiger partial charge in [-0.05, 0) is 43.9 Å². The molecule has 0 saturated carbocycles. The molecule has 1 aliphatic rings. The van der Waals surface area contributed by atoms with Crippen molar-refractivity contribution in [2.24, 2.45) is 0 Å². The summed E-state index contributed by atoms with van der Waals surface area (Å²) in [7, 11) is 0. The van der Waals surface area contributed by atoms with Crippen LogP contribution in [0.15, 0.2) is 42.5 Å². The summed E-state index contributed by atoms with van der Waals surface area (Å²) in [5, 5.41) is 8.47. The first kappa shape index (κ1) is 16.4. The number of carbonyl (C=O) groups excluding carboxylic acids is 1. The molecule has 1 aromatic carbocycles. The fourth-order valence-corrected chi connectivity index (χ4v) is 3.03. The third-order valence-corrected chi connectivity index (χ3v) is 4.43. The van der Waals surface area contributed by atoms with Crippen molar-refractivity contribution in [3.63, 3.8) is 0 Å². The second-order valence-corrected chi connectivity index (χ2v) is 6.13. The highest BCUT2D eigenvalue weighted by Crippen LogP contribution is 2.16. The number of benzene rings is 1. The number of amides is 1. The molecule has 0 atom stereocenters. The molecule has 5 nitrogen and oxygen atoms in total. The molecule has 0 bridgehead atoms. The van der Waals surface area contributed by atoms with E-state index >= 15 is 0 Å². The van der Waals surface area contributed by atoms with Crippen molar-refractivity contribution in [3.8, 4) is 0 Å². The summed E-state index contributed by atoms with van der Waals surface area (Å²) >= 11 is 0. The van der Waals surface area contributed by atoms with Crippen LogP contribution in [0.5, 0.6) is 0 Å². The first-order valence-corrected chi connectivity index (χ1v) is 8.70. The summed E-state index contributed by atoms with van der Waals surface area (Å²) in [6.45, 7) is 5.38. The number of rotatable bonds is 5. The molecule has 0 unspecified atom stereocenters. The highest BCUT2D eigenvalue weighted by atomic mass is 16.2. The highest BCUT2D eigenvalue weighted by Gasteiger charge is 2.20. The van der Waals surface area contributed by atoms with Crippen LogP contribution >= 0.6 is 0 Å². The lowest BCUT2D eigenvalue weighted by atomic mass is 10.1. The molecule has 126 valence electrons. The smallest absolute Gasteiger partial charge is 0.274 e. The maximum Gasteiger partial charge on any atom is 0.274 e. The van der Waals surface area contributed by atoms with Gasteiger partial charge in [0.15, 0.2) is 11.5 Å². The third-order valence-electron chi connectivity index (χ3n) is 4.43. The molecule has 2 aromatic rings. The molecule has 0 N–H and O–H groups in total. The normalized spacial score (nSPS) is 14.5. The van der Waals surface area contributed by atoms with Gasteiger partial charge in [-0.2, -0.15) is 0 Å². The van der Waals surface area contributed by atoms with E-state index in [0.29, 0.717) is 5.69 Å². The van der Waals surface area contributed by atoms with E-state index in [1.807, 2.05) is 29.2 Å². The molecule has 0 spiro atoms. The van der Waals surface area contributed by atoms with Gasteiger partial charge in [-0.1, -0.05) is 30.3 Å². The molecule has 0 aliphatic carbocycles. The monoisotopic (exact) mass is 324 g/mol. The van der Waals surface area contributed by atoms with Crippen molar-refractivity contribution in [2.45, 2.75) is 32.7 Å². The SMILES string of the molecule is CCN(Cc1ccccc1)c1ccc(C(=O)N2CCCCC2)nn1. The van der Waals surface area contributed by atoms with Crippen molar-refractivity contribution >= 4 is 11.7 Å². The van der Waals surface area contributed by atoms with Gasteiger partial charge < -0.3 is 9.80 Å². The Morgan fingerprint density at radius 1 is 1.04 bits per heavy atom. The Morgan fingerprint density at radius 2 is 1.79 bits per heavy atom. The predicted molar refractivity (Wildman–Crippen MR) is 95.0 cm³/mol. The van der Waals surface area contributed by atoms with Crippen LogP contribution in [-0.2, 0) is 6.54 Å². The highest BCUT2D eigenvalue weighted by molar-refractivity contribution is 5.92. The number of aromatic nitrogens is 2. The van der Waals surface area contributed by atoms with Crippen molar-refractivity contribution < 1.29 is 4.79 Å². The van der Waals surface area contributed by atoms with Gasteiger partial charge >= 0.3 is 0 Å². The van der Waals surface area contributed by atoms with Crippen LogP contribution in [0.3, 0.4) is 0 Å². The predicted octanol–water partition coefficient (Wildman–Crippen LogP) is 3.13. The molecule has 1 aliphatic heterocycles. The second kappa shape index (κ2) is 7.90. The third kappa shape index (κ3) is 3.91. The van der Waals surface area contributed by atoms with E-state index in [1.165, 1.54) is 12.0 Å². The maximum absolute atomic E-state index is 12.5. The number of anilines is 1. The largest absolute Gasteiger partial charge is 0.351 e. The summed E-state index contributed by atoms with van der Waals surface area (Å²) in [5.41, 5.74) is 1.67. The van der Waals surface area contributed by atoms with Gasteiger partial charge in [0.25, 0.3) is 5.91 Å². The minimum Gasteiger partial charge on any atom is -0.351 e. The molecule has 1 amide bonds. The average Bonchev–Trinajstić information content (AvgIpc) is 2.67. The lowest BCUT2D eigenvalue weighted by Gasteiger charge is -2.26. The van der Waals surface area contributed by atoms with Crippen LogP contribution in [0.4, 0.5) is 5.82 Å². The Kier molecular flexibility index (Phi) is 5.41. The van der Waals surface area contributed by atoms with Gasteiger partial charge in [-0.25, -0.2) is 0 Å². The Balaban J connectivity index is 1.69. The Morgan fingerprint density at radius 3 is 2.42 bits per heavy atom. The summed E-state index contributed by atoms with van der Waals surface area (Å²) in [5.74, 6) is 0.802. The molecule has 1 aromatic heterocycles. The zero-order valence-electron chi connectivity index (χ0n) is 14.2. The molecule has 3 rings (SSSR count). The summed E-state index contributed by atoms with van der Waals surface area (Å²) in [6.07, 6.45) is 3.37. The van der Waals surface area contributed by atoms with Gasteiger partial charge in [-0.15, -0.1) is 10.2 Å². The van der Waals surface area contributed by atoms with E-state index in [0.717, 1.165) is 44.8 Å². The number of hydrogen-bond donors (Lipinski definition) is 0. The van der Waals surface area contributed by atoms with E-state index in [-0.39, 0.29) is 5.91 Å². The first-order chi connectivity index (χ1) is 11.8. The topological polar surface area (TPSA) is 49.3 Å². The number of carbonyl (C=O) groups is 1. The van der Waals surface area contributed by atoms with Crippen LogP contribution in [-0.4, -0.2) is 40.6 Å². The number of piperidine rings is 1. The molecule has 5 heteroatoms. The van der Waals surface area contributed by atoms with Crippen LogP contribution < -0.4 is 4.90 Å². The van der Waals surface area contributed by atoms with E-state index in [1.54, 1.807) is 6.07 Å². The van der Waals surface area contributed by atoms with E-state index in [4.69, 9.17) is 0 Å². The Bertz CT molecular complexity index is 651. The second-order valence-electron chi connectivity index (χ2n) is 6.13. The zero-order chi connectivity index (χ0) is 16.8. The van der Waals surface area contributed by atoms with E-state index in [9.17, 15) is 4.79 Å². The van der Waals surface area contributed by atoms with Gasteiger partial charge in [-0.3, -0.25) is 4.79 Å². The van der Waals surface area contributed by atoms with Crippen LogP contribution in [0.1, 0.15) is 42.2 Å². The standard InChI is InChI=1S/C19H24N4O/c1-2-22(15-16-9-5-3-6-10-16)18-12-11-17(20-21-18)19(24)23-13-7-4-8-14-23/h3,5-6,9-12H,2,4,7-8,13-15H2,1H3. The lowest BCUT2D eigenvalue weighted by Crippen LogP contribution is -2.36. The molecule has 1 saturated heterocycles. The van der Waals surface area contributed by atoms with Gasteiger partial charge in [0.05, 0.1) is 0 Å². The lowest BCUT2D eigenvalue weighted by molar-refractivity contribution is 0.0717. The first-order valence-electron chi connectivity index (χ1n) is 8.70. The van der Waals surface area contributed by atoms with Crippen LogP contribution in [0.25, 0.3) is 0 Å². The molecule has 2 heterocycles. The number of hydrogen-bond acceptors (Lipinski definition) is 4. The van der Waals surface area contributed by atoms with E-state index in [2.05, 4.69) is 34.2 Å². The molecule has 0 radical (unpaired) electrons. The van der Waals surface area contributed by atoms with E-state index < -0.39 is 0 Å². The van der Waals surface area contributed by atoms with Crippen LogP contribution in [0.2, 0.25) is 0 Å². The number of nitrogens with zero attached hydrogens (tertiary/aromatic N) is 4. The maximum atomic E-state index is 12.5. The average molecular weight is 324 g/mol. The van der Waals surface area contributed by atoms with Crippen molar-refractivity contribution in [1.29, 1.82) is 0 Å². The summed E-state index contributed by atoms with van der Waals surface area (Å²) in [4.78, 5) is 16.5. The van der Waals surface area contributed by atoms with Gasteiger partial charge in [0.1, 0.15) is 0 Å². The quantitative estimate of drug-likeness (QED) is 0.848. The minimum absolute atomic E-state index is 0.000132. The van der Waals surface area contributed by atoms with Gasteiger partial charge in [0, 0.05) is 26.2 Å². The van der Waals surface area contributed by atoms with Crippen LogP contribution in [0, 0.1) is 0 Å². The Hall–Kier alpha value is -2.43. The van der Waals surface area contributed by atoms with Crippen molar-refractivity contribution in [2.75, 3.05) is 24.5 Å². The minimum atomic E-state index is -0.000132. The molecular formula is C19H24N4O. The summed E-state index contributed by atoms with van der Waals surface area (Å²) in [6, 6.07) is 14.0. The van der Waals surface area contributed by atoms with Crippen molar-refractivity contribution in [1.82, 2.24) is 15.1 Å². The molecule has 24 heavy (non-hydrogen) atoms. The Labute approximate surface area is 143 Å². The number of likely N-dealkylation sites (tertiary alicyclic amines) is 1.